The van der Waals surface area contributed by atoms with Gasteiger partial charge in [-0.15, -0.1) is 0 Å². The quantitative estimate of drug-likeness (QED) is 0.834. The van der Waals surface area contributed by atoms with Crippen molar-refractivity contribution < 1.29 is 18.7 Å². The Balaban J connectivity index is 1.74. The molecule has 3 N–H and O–H groups in total. The molecule has 20 heavy (non-hydrogen) atoms. The second kappa shape index (κ2) is 4.80. The number of benzene rings is 1. The molecule has 2 heterocycles. The predicted molar refractivity (Wildman–Crippen MR) is 71.6 cm³/mol. The van der Waals surface area contributed by atoms with Gasteiger partial charge in [-0.05, 0) is 25.1 Å². The summed E-state index contributed by atoms with van der Waals surface area (Å²) in [6.45, 7) is 2.30. The molecule has 3 rings (SSSR count). The number of nitrogen functional groups attached to an aromatic ring is 1. The van der Waals surface area contributed by atoms with Gasteiger partial charge >= 0.3 is 0 Å². The molecule has 104 valence electrons. The van der Waals surface area contributed by atoms with Crippen LogP contribution in [0, 0.1) is 6.92 Å². The molecule has 0 atom stereocenters. The normalized spacial score (nSPS) is 12.4. The number of carbonyl (C=O) groups is 1. The molecule has 1 aromatic carbocycles. The average Bonchev–Trinajstić information content (AvgIpc) is 3.03. The van der Waals surface area contributed by atoms with Crippen molar-refractivity contribution in [2.75, 3.05) is 12.5 Å². The Labute approximate surface area is 115 Å². The van der Waals surface area contributed by atoms with Crippen LogP contribution >= 0.6 is 0 Å². The summed E-state index contributed by atoms with van der Waals surface area (Å²) >= 11 is 0. The van der Waals surface area contributed by atoms with E-state index in [4.69, 9.17) is 19.6 Å². The Hall–Kier alpha value is -2.63. The van der Waals surface area contributed by atoms with Crippen molar-refractivity contribution in [3.8, 4) is 11.5 Å². The first-order chi connectivity index (χ1) is 9.63. The van der Waals surface area contributed by atoms with E-state index in [0.717, 1.165) is 5.76 Å². The van der Waals surface area contributed by atoms with Gasteiger partial charge in [0.15, 0.2) is 11.5 Å². The van der Waals surface area contributed by atoms with Crippen molar-refractivity contribution in [1.82, 2.24) is 5.32 Å². The van der Waals surface area contributed by atoms with E-state index in [1.165, 1.54) is 0 Å². The van der Waals surface area contributed by atoms with E-state index in [2.05, 4.69) is 5.32 Å². The number of amides is 1. The van der Waals surface area contributed by atoms with E-state index in [9.17, 15) is 4.79 Å². The highest BCUT2D eigenvalue weighted by Gasteiger charge is 2.19. The van der Waals surface area contributed by atoms with Crippen molar-refractivity contribution in [1.29, 1.82) is 0 Å². The largest absolute Gasteiger partial charge is 0.465 e. The minimum atomic E-state index is -0.283. The lowest BCUT2D eigenvalue weighted by molar-refractivity contribution is 0.0948. The molecule has 1 aromatic heterocycles. The fourth-order valence-electron chi connectivity index (χ4n) is 2.00. The SMILES string of the molecule is Cc1ccc(CNC(=O)c2cc3c(cc2N)OCO3)o1. The molecule has 0 fully saturated rings. The number of hydrogen-bond acceptors (Lipinski definition) is 5. The van der Waals surface area contributed by atoms with Crippen molar-refractivity contribution in [3.05, 3.63) is 41.3 Å². The van der Waals surface area contributed by atoms with Crippen LogP contribution in [0.15, 0.2) is 28.7 Å². The third-order valence-corrected chi connectivity index (χ3v) is 3.01. The van der Waals surface area contributed by atoms with Crippen LogP contribution in [-0.2, 0) is 6.54 Å². The van der Waals surface area contributed by atoms with E-state index < -0.39 is 0 Å². The molecule has 0 saturated carbocycles. The highest BCUT2D eigenvalue weighted by molar-refractivity contribution is 6.00. The highest BCUT2D eigenvalue weighted by Crippen LogP contribution is 2.35. The summed E-state index contributed by atoms with van der Waals surface area (Å²) in [5.41, 5.74) is 6.56. The predicted octanol–water partition coefficient (Wildman–Crippen LogP) is 1.83. The van der Waals surface area contributed by atoms with E-state index >= 15 is 0 Å². The molecule has 0 saturated heterocycles. The van der Waals surface area contributed by atoms with Gasteiger partial charge in [0.05, 0.1) is 12.1 Å². The molecule has 2 aromatic rings. The van der Waals surface area contributed by atoms with Crippen LogP contribution in [0.2, 0.25) is 0 Å². The second-order valence-electron chi connectivity index (χ2n) is 4.49. The molecule has 0 aliphatic carbocycles. The zero-order valence-electron chi connectivity index (χ0n) is 10.9. The summed E-state index contributed by atoms with van der Waals surface area (Å²) < 4.78 is 15.8. The number of carbonyl (C=O) groups excluding carboxylic acids is 1. The van der Waals surface area contributed by atoms with E-state index in [0.29, 0.717) is 35.1 Å². The summed E-state index contributed by atoms with van der Waals surface area (Å²) in [4.78, 5) is 12.1. The van der Waals surface area contributed by atoms with Crippen molar-refractivity contribution in [2.24, 2.45) is 0 Å². The van der Waals surface area contributed by atoms with Crippen molar-refractivity contribution in [3.63, 3.8) is 0 Å². The van der Waals surface area contributed by atoms with E-state index in [1.807, 2.05) is 19.1 Å². The molecular weight excluding hydrogens is 260 g/mol. The topological polar surface area (TPSA) is 86.7 Å². The number of hydrogen-bond donors (Lipinski definition) is 2. The average molecular weight is 274 g/mol. The maximum atomic E-state index is 12.1. The molecule has 1 aliphatic rings. The Kier molecular flexibility index (Phi) is 2.98. The molecule has 6 heteroatoms. The summed E-state index contributed by atoms with van der Waals surface area (Å²) in [5, 5.41) is 2.75. The third kappa shape index (κ3) is 2.27. The van der Waals surface area contributed by atoms with Crippen LogP contribution < -0.4 is 20.5 Å². The molecule has 0 radical (unpaired) electrons. The highest BCUT2D eigenvalue weighted by atomic mass is 16.7. The molecule has 0 unspecified atom stereocenters. The molecular formula is C14H14N2O4. The standard InChI is InChI=1S/C14H14N2O4/c1-8-2-3-9(20-8)6-16-14(17)10-4-12-13(5-11(10)15)19-7-18-12/h2-5H,6-7,15H2,1H3,(H,16,17). The molecule has 0 bridgehead atoms. The zero-order chi connectivity index (χ0) is 14.1. The Morgan fingerprint density at radius 2 is 2.05 bits per heavy atom. The van der Waals surface area contributed by atoms with Gasteiger partial charge in [0.2, 0.25) is 6.79 Å². The number of nitrogens with one attached hydrogen (secondary N) is 1. The molecule has 1 aliphatic heterocycles. The van der Waals surface area contributed by atoms with Crippen LogP contribution in [0.3, 0.4) is 0 Å². The van der Waals surface area contributed by atoms with Crippen molar-refractivity contribution >= 4 is 11.6 Å². The first-order valence-corrected chi connectivity index (χ1v) is 6.16. The van der Waals surface area contributed by atoms with Gasteiger partial charge in [0, 0.05) is 11.8 Å². The Morgan fingerprint density at radius 1 is 1.30 bits per heavy atom. The lowest BCUT2D eigenvalue weighted by atomic mass is 10.1. The number of aryl methyl sites for hydroxylation is 1. The van der Waals surface area contributed by atoms with Gasteiger partial charge in [-0.1, -0.05) is 0 Å². The van der Waals surface area contributed by atoms with E-state index in [1.54, 1.807) is 12.1 Å². The van der Waals surface area contributed by atoms with E-state index in [-0.39, 0.29) is 12.7 Å². The number of furan rings is 1. The minimum absolute atomic E-state index is 0.144. The first kappa shape index (κ1) is 12.4. The van der Waals surface area contributed by atoms with Crippen molar-refractivity contribution in [2.45, 2.75) is 13.5 Å². The fourth-order valence-corrected chi connectivity index (χ4v) is 2.00. The lowest BCUT2D eigenvalue weighted by Gasteiger charge is -2.07. The van der Waals surface area contributed by atoms with Gasteiger partial charge in [0.1, 0.15) is 11.5 Å². The number of anilines is 1. The van der Waals surface area contributed by atoms with Crippen LogP contribution in [0.5, 0.6) is 11.5 Å². The zero-order valence-corrected chi connectivity index (χ0v) is 10.9. The summed E-state index contributed by atoms with van der Waals surface area (Å²) in [7, 11) is 0. The number of nitrogens with two attached hydrogens (primary N) is 1. The summed E-state index contributed by atoms with van der Waals surface area (Å²) in [5.74, 6) is 2.29. The maximum absolute atomic E-state index is 12.1. The molecule has 0 spiro atoms. The number of ether oxygens (including phenoxy) is 2. The summed E-state index contributed by atoms with van der Waals surface area (Å²) in [6.07, 6.45) is 0. The summed E-state index contributed by atoms with van der Waals surface area (Å²) in [6, 6.07) is 6.84. The second-order valence-corrected chi connectivity index (χ2v) is 4.49. The Bertz CT molecular complexity index is 663. The number of fused-ring (bicyclic) bond motifs is 1. The van der Waals surface area contributed by atoms with Gasteiger partial charge in [0.25, 0.3) is 5.91 Å². The third-order valence-electron chi connectivity index (χ3n) is 3.01. The van der Waals surface area contributed by atoms with Gasteiger partial charge < -0.3 is 24.9 Å². The monoisotopic (exact) mass is 274 g/mol. The molecule has 1 amide bonds. The van der Waals surface area contributed by atoms with Crippen LogP contribution in [0.25, 0.3) is 0 Å². The smallest absolute Gasteiger partial charge is 0.253 e. The van der Waals surface area contributed by atoms with Gasteiger partial charge in [-0.3, -0.25) is 4.79 Å². The fraction of sp³-hybridized carbons (Fsp3) is 0.214. The lowest BCUT2D eigenvalue weighted by Crippen LogP contribution is -2.23. The Morgan fingerprint density at radius 3 is 2.75 bits per heavy atom. The van der Waals surface area contributed by atoms with Gasteiger partial charge in [-0.2, -0.15) is 0 Å². The van der Waals surface area contributed by atoms with Crippen LogP contribution in [-0.4, -0.2) is 12.7 Å². The van der Waals surface area contributed by atoms with Gasteiger partial charge in [-0.25, -0.2) is 0 Å². The molecule has 6 nitrogen and oxygen atoms in total. The van der Waals surface area contributed by atoms with Crippen LogP contribution in [0.1, 0.15) is 21.9 Å². The number of rotatable bonds is 3. The minimum Gasteiger partial charge on any atom is -0.465 e. The van der Waals surface area contributed by atoms with Crippen LogP contribution in [0.4, 0.5) is 5.69 Å². The first-order valence-electron chi connectivity index (χ1n) is 6.16. The maximum Gasteiger partial charge on any atom is 0.253 e.